The topological polar surface area (TPSA) is 79.3 Å². The predicted molar refractivity (Wildman–Crippen MR) is 126 cm³/mol. The lowest BCUT2D eigenvalue weighted by Gasteiger charge is -2.25. The van der Waals surface area contributed by atoms with Gasteiger partial charge >= 0.3 is 6.03 Å². The molecule has 1 unspecified atom stereocenters. The summed E-state index contributed by atoms with van der Waals surface area (Å²) in [7, 11) is 0. The molecule has 5 rings (SSSR count). The molecule has 0 radical (unpaired) electrons. The standard InChI is InChI=1S/C25H29N5O2/c1-3-29-21-8-5-4-7-19(21)27-23(29)22-9-6-14-30(22)25(32)28-20-15-18(13-10-16(20)2)26-24(31)17-11-12-17/h4-5,7-8,10,13,15,17,22H,3,6,9,11-12,14H2,1-2H3,(H,26,31)(H,28,32). The number of imidazole rings is 1. The van der Waals surface area contributed by atoms with E-state index in [2.05, 4.69) is 28.2 Å². The maximum atomic E-state index is 13.3. The Morgan fingerprint density at radius 3 is 2.69 bits per heavy atom. The van der Waals surface area contributed by atoms with Gasteiger partial charge in [-0.15, -0.1) is 0 Å². The highest BCUT2D eigenvalue weighted by molar-refractivity contribution is 5.96. The molecule has 2 N–H and O–H groups in total. The Morgan fingerprint density at radius 1 is 1.09 bits per heavy atom. The molecule has 1 aromatic heterocycles. The van der Waals surface area contributed by atoms with E-state index < -0.39 is 0 Å². The van der Waals surface area contributed by atoms with Crippen molar-refractivity contribution in [2.24, 2.45) is 5.92 Å². The molecule has 3 amide bonds. The normalized spacial score (nSPS) is 18.2. The van der Waals surface area contributed by atoms with Crippen LogP contribution in [0.4, 0.5) is 16.2 Å². The van der Waals surface area contributed by atoms with Crippen molar-refractivity contribution in [2.45, 2.75) is 52.1 Å². The molecule has 32 heavy (non-hydrogen) atoms. The lowest BCUT2D eigenvalue weighted by Crippen LogP contribution is -2.35. The first kappa shape index (κ1) is 20.5. The van der Waals surface area contributed by atoms with Crippen molar-refractivity contribution in [3.05, 3.63) is 53.9 Å². The van der Waals surface area contributed by atoms with Crippen LogP contribution in [0.3, 0.4) is 0 Å². The number of fused-ring (bicyclic) bond motifs is 1. The average Bonchev–Trinajstić information content (AvgIpc) is 3.41. The van der Waals surface area contributed by atoms with E-state index in [9.17, 15) is 9.59 Å². The van der Waals surface area contributed by atoms with Crippen LogP contribution in [-0.4, -0.2) is 32.9 Å². The number of carbonyl (C=O) groups is 2. The van der Waals surface area contributed by atoms with Crippen LogP contribution >= 0.6 is 0 Å². The van der Waals surface area contributed by atoms with Crippen molar-refractivity contribution in [1.29, 1.82) is 0 Å². The molecule has 0 spiro atoms. The minimum Gasteiger partial charge on any atom is -0.327 e. The van der Waals surface area contributed by atoms with Crippen molar-refractivity contribution in [3.8, 4) is 0 Å². The number of benzene rings is 2. The quantitative estimate of drug-likeness (QED) is 0.591. The van der Waals surface area contributed by atoms with E-state index in [4.69, 9.17) is 4.98 Å². The van der Waals surface area contributed by atoms with Crippen molar-refractivity contribution >= 4 is 34.3 Å². The lowest BCUT2D eigenvalue weighted by molar-refractivity contribution is -0.117. The van der Waals surface area contributed by atoms with Crippen molar-refractivity contribution < 1.29 is 9.59 Å². The third-order valence-electron chi connectivity index (χ3n) is 6.51. The number of nitrogens with one attached hydrogen (secondary N) is 2. The largest absolute Gasteiger partial charge is 0.327 e. The van der Waals surface area contributed by atoms with Gasteiger partial charge in [0, 0.05) is 30.4 Å². The zero-order valence-electron chi connectivity index (χ0n) is 18.6. The fraction of sp³-hybridized carbons (Fsp3) is 0.400. The van der Waals surface area contributed by atoms with Gasteiger partial charge in [0.2, 0.25) is 5.91 Å². The number of likely N-dealkylation sites (tertiary alicyclic amines) is 1. The summed E-state index contributed by atoms with van der Waals surface area (Å²) < 4.78 is 2.21. The van der Waals surface area contributed by atoms with Crippen molar-refractivity contribution in [3.63, 3.8) is 0 Å². The van der Waals surface area contributed by atoms with Crippen LogP contribution in [0.25, 0.3) is 11.0 Å². The number of hydrogen-bond donors (Lipinski definition) is 2. The highest BCUT2D eigenvalue weighted by Gasteiger charge is 2.34. The number of aryl methyl sites for hydroxylation is 2. The maximum Gasteiger partial charge on any atom is 0.322 e. The van der Waals surface area contributed by atoms with Gasteiger partial charge in [-0.1, -0.05) is 18.2 Å². The molecule has 1 saturated heterocycles. The molecule has 2 heterocycles. The number of para-hydroxylation sites is 2. The third kappa shape index (κ3) is 3.83. The van der Waals surface area contributed by atoms with Gasteiger partial charge < -0.3 is 20.1 Å². The van der Waals surface area contributed by atoms with Crippen molar-refractivity contribution in [1.82, 2.24) is 14.5 Å². The fourth-order valence-corrected chi connectivity index (χ4v) is 4.57. The Kier molecular flexibility index (Phi) is 5.33. The SMILES string of the molecule is CCn1c(C2CCCN2C(=O)Nc2cc(NC(=O)C3CC3)ccc2C)nc2ccccc21. The van der Waals surface area contributed by atoms with E-state index in [0.29, 0.717) is 12.2 Å². The predicted octanol–water partition coefficient (Wildman–Crippen LogP) is 5.08. The van der Waals surface area contributed by atoms with Crippen LogP contribution in [0.1, 0.15) is 50.0 Å². The molecular formula is C25H29N5O2. The van der Waals surface area contributed by atoms with E-state index >= 15 is 0 Å². The van der Waals surface area contributed by atoms with Gasteiger partial charge in [0.1, 0.15) is 5.82 Å². The smallest absolute Gasteiger partial charge is 0.322 e. The summed E-state index contributed by atoms with van der Waals surface area (Å²) in [6, 6.07) is 13.6. The summed E-state index contributed by atoms with van der Waals surface area (Å²) in [5, 5.41) is 6.04. The molecule has 1 aliphatic carbocycles. The number of rotatable bonds is 5. The van der Waals surface area contributed by atoms with E-state index in [1.165, 1.54) is 0 Å². The number of hydrogen-bond acceptors (Lipinski definition) is 3. The molecule has 1 atom stereocenters. The minimum absolute atomic E-state index is 0.0552. The average molecular weight is 432 g/mol. The Labute approximate surface area is 187 Å². The van der Waals surface area contributed by atoms with E-state index in [0.717, 1.165) is 60.3 Å². The lowest BCUT2D eigenvalue weighted by atomic mass is 10.1. The second-order valence-electron chi connectivity index (χ2n) is 8.78. The van der Waals surface area contributed by atoms with Gasteiger partial charge in [-0.05, 0) is 69.4 Å². The second kappa shape index (κ2) is 8.30. The van der Waals surface area contributed by atoms with Crippen LogP contribution in [0.2, 0.25) is 0 Å². The zero-order valence-corrected chi connectivity index (χ0v) is 18.6. The molecule has 7 nitrogen and oxygen atoms in total. The molecular weight excluding hydrogens is 402 g/mol. The first-order valence-corrected chi connectivity index (χ1v) is 11.5. The molecule has 2 fully saturated rings. The minimum atomic E-state index is -0.129. The monoisotopic (exact) mass is 431 g/mol. The van der Waals surface area contributed by atoms with Gasteiger partial charge in [0.15, 0.2) is 0 Å². The first-order chi connectivity index (χ1) is 15.5. The fourth-order valence-electron chi connectivity index (χ4n) is 4.57. The van der Waals surface area contributed by atoms with Crippen LogP contribution in [-0.2, 0) is 11.3 Å². The second-order valence-corrected chi connectivity index (χ2v) is 8.78. The number of anilines is 2. The Morgan fingerprint density at radius 2 is 1.91 bits per heavy atom. The van der Waals surface area contributed by atoms with Gasteiger partial charge in [-0.2, -0.15) is 0 Å². The summed E-state index contributed by atoms with van der Waals surface area (Å²) in [6.07, 6.45) is 3.76. The molecule has 7 heteroatoms. The van der Waals surface area contributed by atoms with Crippen LogP contribution in [0, 0.1) is 12.8 Å². The maximum absolute atomic E-state index is 13.3. The summed E-state index contributed by atoms with van der Waals surface area (Å²) in [4.78, 5) is 32.2. The molecule has 1 saturated carbocycles. The van der Waals surface area contributed by atoms with Gasteiger partial charge in [-0.3, -0.25) is 4.79 Å². The summed E-state index contributed by atoms with van der Waals surface area (Å²) in [6.45, 7) is 5.58. The summed E-state index contributed by atoms with van der Waals surface area (Å²) in [5.41, 5.74) is 4.46. The molecule has 1 aliphatic heterocycles. The Balaban J connectivity index is 1.37. The molecule has 2 aliphatic rings. The van der Waals surface area contributed by atoms with Gasteiger partial charge in [0.25, 0.3) is 0 Å². The summed E-state index contributed by atoms with van der Waals surface area (Å²) in [5.74, 6) is 1.14. The number of amides is 3. The van der Waals surface area contributed by atoms with E-state index in [1.54, 1.807) is 0 Å². The Bertz CT molecular complexity index is 1180. The third-order valence-corrected chi connectivity index (χ3v) is 6.51. The molecule has 0 bridgehead atoms. The van der Waals surface area contributed by atoms with Gasteiger partial charge in [-0.25, -0.2) is 9.78 Å². The Hall–Kier alpha value is -3.35. The molecule has 3 aromatic rings. The van der Waals surface area contributed by atoms with Crippen molar-refractivity contribution in [2.75, 3.05) is 17.2 Å². The van der Waals surface area contributed by atoms with E-state index in [-0.39, 0.29) is 23.9 Å². The number of aromatic nitrogens is 2. The van der Waals surface area contributed by atoms with Crippen LogP contribution < -0.4 is 10.6 Å². The van der Waals surface area contributed by atoms with Crippen LogP contribution in [0.15, 0.2) is 42.5 Å². The zero-order chi connectivity index (χ0) is 22.2. The summed E-state index contributed by atoms with van der Waals surface area (Å²) >= 11 is 0. The van der Waals surface area contributed by atoms with Gasteiger partial charge in [0.05, 0.1) is 17.1 Å². The number of carbonyl (C=O) groups excluding carboxylic acids is 2. The first-order valence-electron chi connectivity index (χ1n) is 11.5. The van der Waals surface area contributed by atoms with Crippen LogP contribution in [0.5, 0.6) is 0 Å². The molecule has 2 aromatic carbocycles. The highest BCUT2D eigenvalue weighted by Crippen LogP contribution is 2.35. The van der Waals surface area contributed by atoms with E-state index in [1.807, 2.05) is 48.2 Å². The number of urea groups is 1. The molecule has 166 valence electrons. The highest BCUT2D eigenvalue weighted by atomic mass is 16.2. The number of nitrogens with zero attached hydrogens (tertiary/aromatic N) is 3.